The molecule has 0 aliphatic carbocycles. The van der Waals surface area contributed by atoms with Gasteiger partial charge in [-0.05, 0) is 26.6 Å². The van der Waals surface area contributed by atoms with Gasteiger partial charge in [0.25, 0.3) is 0 Å². The number of nitrogens with one attached hydrogen (secondary N) is 1. The Labute approximate surface area is 124 Å². The van der Waals surface area contributed by atoms with E-state index in [1.165, 1.54) is 32.7 Å². The van der Waals surface area contributed by atoms with Crippen LogP contribution in [0.25, 0.3) is 0 Å². The normalized spacial score (nSPS) is 22.4. The van der Waals surface area contributed by atoms with Gasteiger partial charge in [0.15, 0.2) is 0 Å². The van der Waals surface area contributed by atoms with E-state index in [0.29, 0.717) is 0 Å². The lowest BCUT2D eigenvalue weighted by atomic mass is 10.3. The molecule has 0 unspecified atom stereocenters. The fraction of sp³-hybridized carbons (Fsp3) is 1.00. The molecule has 0 amide bonds. The smallest absolute Gasteiger partial charge is 0.0110 e. The van der Waals surface area contributed by atoms with E-state index in [0.717, 1.165) is 52.2 Å². The lowest BCUT2D eigenvalue weighted by molar-refractivity contribution is 0.153. The molecule has 0 aromatic rings. The van der Waals surface area contributed by atoms with Crippen molar-refractivity contribution in [2.45, 2.75) is 6.42 Å². The molecule has 2 heterocycles. The van der Waals surface area contributed by atoms with Gasteiger partial charge >= 0.3 is 0 Å². The van der Waals surface area contributed by atoms with Crippen molar-refractivity contribution in [1.29, 1.82) is 0 Å². The van der Waals surface area contributed by atoms with Gasteiger partial charge in [0.05, 0.1) is 0 Å². The van der Waals surface area contributed by atoms with Crippen molar-refractivity contribution in [3.05, 3.63) is 0 Å². The first-order chi connectivity index (χ1) is 9.76. The van der Waals surface area contributed by atoms with E-state index in [9.17, 15) is 0 Å². The average molecular weight is 286 g/mol. The van der Waals surface area contributed by atoms with Crippen molar-refractivity contribution >= 4 is 0 Å². The molecule has 0 radical (unpaired) electrons. The Bertz CT molecular complexity index is 206. The Morgan fingerprint density at radius 2 is 1.40 bits per heavy atom. The van der Waals surface area contributed by atoms with E-state index in [4.69, 9.17) is 11.5 Å². The van der Waals surface area contributed by atoms with Crippen molar-refractivity contribution < 1.29 is 0 Å². The summed E-state index contributed by atoms with van der Waals surface area (Å²) in [5.74, 6) is 0. The maximum absolute atomic E-state index is 5.44. The third-order valence-electron chi connectivity index (χ3n) is 3.93. The molecule has 6 heteroatoms. The maximum Gasteiger partial charge on any atom is 0.0110 e. The number of likely N-dealkylation sites (N-methyl/N-ethyl adjacent to an activating group) is 1. The van der Waals surface area contributed by atoms with Crippen molar-refractivity contribution in [2.75, 3.05) is 85.6 Å². The molecule has 2 aliphatic heterocycles. The van der Waals surface area contributed by atoms with Gasteiger partial charge in [-0.25, -0.2) is 0 Å². The van der Waals surface area contributed by atoms with Gasteiger partial charge < -0.3 is 26.6 Å². The standard InChI is InChI=1S/C8H19N3.C6H15N3/c1-10-5-7-11(8-6-10)4-2-3-9;7-1-4-9-5-2-8-3-6-9/h2-9H2,1H3;8H,1-7H2. The predicted molar refractivity (Wildman–Crippen MR) is 86.0 cm³/mol. The maximum atomic E-state index is 5.44. The Hall–Kier alpha value is -0.240. The minimum atomic E-state index is 0.792. The van der Waals surface area contributed by atoms with Crippen LogP contribution < -0.4 is 16.8 Å². The average Bonchev–Trinajstić information content (AvgIpc) is 2.49. The monoisotopic (exact) mass is 286 g/mol. The van der Waals surface area contributed by atoms with Crippen LogP contribution in [0.4, 0.5) is 0 Å². The highest BCUT2D eigenvalue weighted by molar-refractivity contribution is 4.69. The van der Waals surface area contributed by atoms with Crippen LogP contribution in [0.3, 0.4) is 0 Å². The van der Waals surface area contributed by atoms with Crippen LogP contribution in [-0.2, 0) is 0 Å². The fourth-order valence-corrected chi connectivity index (χ4v) is 2.50. The molecule has 6 nitrogen and oxygen atoms in total. The Kier molecular flexibility index (Phi) is 10.2. The largest absolute Gasteiger partial charge is 0.330 e. The molecule has 2 saturated heterocycles. The first kappa shape index (κ1) is 17.8. The van der Waals surface area contributed by atoms with Gasteiger partial charge in [-0.3, -0.25) is 4.90 Å². The van der Waals surface area contributed by atoms with E-state index in [1.807, 2.05) is 0 Å². The van der Waals surface area contributed by atoms with Gasteiger partial charge in [-0.15, -0.1) is 0 Å². The van der Waals surface area contributed by atoms with Crippen molar-refractivity contribution in [3.63, 3.8) is 0 Å². The molecular weight excluding hydrogens is 252 g/mol. The third kappa shape index (κ3) is 8.14. The molecule has 5 N–H and O–H groups in total. The summed E-state index contributed by atoms with van der Waals surface area (Å²) < 4.78 is 0. The summed E-state index contributed by atoms with van der Waals surface area (Å²) >= 11 is 0. The minimum absolute atomic E-state index is 0.792. The van der Waals surface area contributed by atoms with Crippen LogP contribution in [0.15, 0.2) is 0 Å². The SMILES string of the molecule is CN1CCN(CCCN)CC1.NCCN1CCNCC1. The molecule has 0 bridgehead atoms. The Morgan fingerprint density at radius 1 is 0.800 bits per heavy atom. The second-order valence-corrected chi connectivity index (χ2v) is 5.67. The number of hydrogen-bond acceptors (Lipinski definition) is 6. The highest BCUT2D eigenvalue weighted by atomic mass is 15.2. The van der Waals surface area contributed by atoms with Gasteiger partial charge in [0.2, 0.25) is 0 Å². The third-order valence-corrected chi connectivity index (χ3v) is 3.93. The first-order valence-electron chi connectivity index (χ1n) is 8.00. The zero-order chi connectivity index (χ0) is 14.6. The van der Waals surface area contributed by atoms with E-state index in [2.05, 4.69) is 27.1 Å². The molecule has 0 atom stereocenters. The van der Waals surface area contributed by atoms with Crippen LogP contribution in [-0.4, -0.2) is 100 Å². The van der Waals surface area contributed by atoms with E-state index >= 15 is 0 Å². The lowest BCUT2D eigenvalue weighted by Gasteiger charge is -2.32. The Morgan fingerprint density at radius 3 is 1.95 bits per heavy atom. The van der Waals surface area contributed by atoms with E-state index in [-0.39, 0.29) is 0 Å². The highest BCUT2D eigenvalue weighted by Gasteiger charge is 2.12. The predicted octanol–water partition coefficient (Wildman–Crippen LogP) is -1.57. The molecular formula is C14H34N6. The second kappa shape index (κ2) is 11.4. The summed E-state index contributed by atoms with van der Waals surface area (Å²) in [7, 11) is 2.18. The van der Waals surface area contributed by atoms with Gasteiger partial charge in [-0.1, -0.05) is 0 Å². The molecule has 0 spiro atoms. The second-order valence-electron chi connectivity index (χ2n) is 5.67. The van der Waals surface area contributed by atoms with Crippen LogP contribution in [0.5, 0.6) is 0 Å². The topological polar surface area (TPSA) is 73.8 Å². The summed E-state index contributed by atoms with van der Waals surface area (Å²) in [5, 5.41) is 3.29. The number of nitrogens with zero attached hydrogens (tertiary/aromatic N) is 3. The van der Waals surface area contributed by atoms with Crippen LogP contribution in [0.2, 0.25) is 0 Å². The first-order valence-corrected chi connectivity index (χ1v) is 8.00. The quantitative estimate of drug-likeness (QED) is 0.567. The van der Waals surface area contributed by atoms with Gasteiger partial charge in [0, 0.05) is 65.4 Å². The zero-order valence-electron chi connectivity index (χ0n) is 13.2. The summed E-state index contributed by atoms with van der Waals surface area (Å²) in [6.07, 6.45) is 1.14. The fourth-order valence-electron chi connectivity index (χ4n) is 2.50. The number of nitrogens with two attached hydrogens (primary N) is 2. The summed E-state index contributed by atoms with van der Waals surface area (Å²) in [4.78, 5) is 7.25. The molecule has 2 rings (SSSR count). The molecule has 120 valence electrons. The van der Waals surface area contributed by atoms with Crippen LogP contribution >= 0.6 is 0 Å². The number of rotatable bonds is 5. The van der Waals surface area contributed by atoms with Crippen molar-refractivity contribution in [3.8, 4) is 0 Å². The molecule has 2 aliphatic rings. The molecule has 0 saturated carbocycles. The van der Waals surface area contributed by atoms with E-state index in [1.54, 1.807) is 0 Å². The molecule has 0 aromatic heterocycles. The van der Waals surface area contributed by atoms with Gasteiger partial charge in [-0.2, -0.15) is 0 Å². The minimum Gasteiger partial charge on any atom is -0.330 e. The number of hydrogen-bond donors (Lipinski definition) is 3. The van der Waals surface area contributed by atoms with Crippen LogP contribution in [0, 0.1) is 0 Å². The van der Waals surface area contributed by atoms with Crippen molar-refractivity contribution in [1.82, 2.24) is 20.0 Å². The van der Waals surface area contributed by atoms with Gasteiger partial charge in [0.1, 0.15) is 0 Å². The zero-order valence-corrected chi connectivity index (χ0v) is 13.2. The van der Waals surface area contributed by atoms with Crippen LogP contribution in [0.1, 0.15) is 6.42 Å². The van der Waals surface area contributed by atoms with Crippen molar-refractivity contribution in [2.24, 2.45) is 11.5 Å². The van der Waals surface area contributed by atoms with E-state index < -0.39 is 0 Å². The summed E-state index contributed by atoms with van der Waals surface area (Å²) in [6.45, 7) is 13.3. The number of piperazine rings is 2. The Balaban J connectivity index is 0.000000204. The summed E-state index contributed by atoms with van der Waals surface area (Å²) in [6, 6.07) is 0. The molecule has 2 fully saturated rings. The summed E-state index contributed by atoms with van der Waals surface area (Å²) in [5.41, 5.74) is 10.8. The highest BCUT2D eigenvalue weighted by Crippen LogP contribution is 1.98. The molecule has 20 heavy (non-hydrogen) atoms. The lowest BCUT2D eigenvalue weighted by Crippen LogP contribution is -2.45. The molecule has 0 aromatic carbocycles.